The Bertz CT molecular complexity index is 578. The van der Waals surface area contributed by atoms with E-state index in [0.29, 0.717) is 12.8 Å². The number of hydrogen-bond donors (Lipinski definition) is 1. The number of fused-ring (bicyclic) bond motifs is 1. The zero-order valence-electron chi connectivity index (χ0n) is 12.8. The zero-order chi connectivity index (χ0) is 17.0. The van der Waals surface area contributed by atoms with Crippen molar-refractivity contribution in [2.45, 2.75) is 25.8 Å². The van der Waals surface area contributed by atoms with E-state index >= 15 is 0 Å². The maximum Gasteiger partial charge on any atom is 0.329 e. The minimum absolute atomic E-state index is 0.0331. The lowest BCUT2D eigenvalue weighted by Gasteiger charge is -2.21. The molecule has 2 aliphatic rings. The Hall–Kier alpha value is -2.62. The second-order valence-corrected chi connectivity index (χ2v) is 5.47. The van der Waals surface area contributed by atoms with Gasteiger partial charge in [-0.05, 0) is 19.8 Å². The molecule has 1 fully saturated rings. The van der Waals surface area contributed by atoms with Crippen molar-refractivity contribution in [1.82, 2.24) is 10.2 Å². The molecule has 23 heavy (non-hydrogen) atoms. The first-order chi connectivity index (χ1) is 11.0. The minimum atomic E-state index is -1.05. The van der Waals surface area contributed by atoms with E-state index in [0.717, 1.165) is 4.90 Å². The summed E-state index contributed by atoms with van der Waals surface area (Å²) in [7, 11) is 0. The van der Waals surface area contributed by atoms with Crippen LogP contribution in [-0.2, 0) is 23.9 Å². The molecule has 0 aromatic carbocycles. The lowest BCUT2D eigenvalue weighted by molar-refractivity contribution is -0.159. The van der Waals surface area contributed by atoms with E-state index in [2.05, 4.69) is 11.2 Å². The van der Waals surface area contributed by atoms with Crippen LogP contribution in [-0.4, -0.2) is 47.8 Å². The molecule has 1 saturated heterocycles. The summed E-state index contributed by atoms with van der Waals surface area (Å²) in [6.45, 7) is 0.948. The average molecular weight is 318 g/mol. The molecule has 0 spiro atoms. The Balaban J connectivity index is 1.95. The molecule has 1 heterocycles. The Morgan fingerprint density at radius 2 is 1.91 bits per heavy atom. The molecule has 0 aromatic rings. The van der Waals surface area contributed by atoms with Gasteiger partial charge in [-0.1, -0.05) is 18.1 Å². The van der Waals surface area contributed by atoms with Crippen molar-refractivity contribution in [3.63, 3.8) is 0 Å². The van der Waals surface area contributed by atoms with Crippen LogP contribution in [0.4, 0.5) is 0 Å². The SMILES string of the molecule is C#CCNC(=O)COC(=O)[C@H](C)N1C(=O)[C@@H]2CC=CC[C@H]2C1=O. The number of esters is 1. The lowest BCUT2D eigenvalue weighted by atomic mass is 9.85. The quantitative estimate of drug-likeness (QED) is 0.323. The van der Waals surface area contributed by atoms with Crippen molar-refractivity contribution in [2.75, 3.05) is 13.2 Å². The summed E-state index contributed by atoms with van der Waals surface area (Å²) in [6.07, 6.45) is 9.74. The third-order valence-corrected chi connectivity index (χ3v) is 4.00. The minimum Gasteiger partial charge on any atom is -0.454 e. The third-order valence-electron chi connectivity index (χ3n) is 4.00. The van der Waals surface area contributed by atoms with Gasteiger partial charge >= 0.3 is 5.97 Å². The Labute approximate surface area is 134 Å². The summed E-state index contributed by atoms with van der Waals surface area (Å²) in [4.78, 5) is 49.0. The first-order valence-corrected chi connectivity index (χ1v) is 7.36. The highest BCUT2D eigenvalue weighted by molar-refractivity contribution is 6.08. The normalized spacial score (nSPS) is 23.9. The van der Waals surface area contributed by atoms with Crippen molar-refractivity contribution in [3.05, 3.63) is 12.2 Å². The summed E-state index contributed by atoms with van der Waals surface area (Å²) in [5.74, 6) is -0.635. The van der Waals surface area contributed by atoms with E-state index < -0.39 is 36.4 Å². The zero-order valence-corrected chi connectivity index (χ0v) is 12.8. The predicted molar refractivity (Wildman–Crippen MR) is 79.5 cm³/mol. The van der Waals surface area contributed by atoms with Gasteiger partial charge in [-0.3, -0.25) is 19.3 Å². The molecule has 0 unspecified atom stereocenters. The Morgan fingerprint density at radius 3 is 2.43 bits per heavy atom. The number of imide groups is 1. The summed E-state index contributed by atoms with van der Waals surface area (Å²) < 4.78 is 4.84. The van der Waals surface area contributed by atoms with Crippen LogP contribution in [0.3, 0.4) is 0 Å². The van der Waals surface area contributed by atoms with Crippen LogP contribution in [0, 0.1) is 24.2 Å². The number of ether oxygens (including phenoxy) is 1. The van der Waals surface area contributed by atoms with Gasteiger partial charge in [0.2, 0.25) is 11.8 Å². The van der Waals surface area contributed by atoms with Gasteiger partial charge in [-0.25, -0.2) is 4.79 Å². The molecule has 1 N–H and O–H groups in total. The highest BCUT2D eigenvalue weighted by atomic mass is 16.5. The number of nitrogens with one attached hydrogen (secondary N) is 1. The van der Waals surface area contributed by atoms with E-state index in [1.807, 2.05) is 12.2 Å². The number of hydrogen-bond acceptors (Lipinski definition) is 5. The van der Waals surface area contributed by atoms with E-state index in [9.17, 15) is 19.2 Å². The molecule has 1 aliphatic carbocycles. The molecule has 0 radical (unpaired) electrons. The van der Waals surface area contributed by atoms with E-state index in [4.69, 9.17) is 11.2 Å². The van der Waals surface area contributed by atoms with Gasteiger partial charge in [0.25, 0.3) is 5.91 Å². The molecule has 122 valence electrons. The van der Waals surface area contributed by atoms with Crippen molar-refractivity contribution in [1.29, 1.82) is 0 Å². The number of terminal acetylenes is 1. The molecule has 1 aliphatic heterocycles. The number of likely N-dealkylation sites (tertiary alicyclic amines) is 1. The molecule has 7 nitrogen and oxygen atoms in total. The summed E-state index contributed by atoms with van der Waals surface area (Å²) >= 11 is 0. The van der Waals surface area contributed by atoms with Crippen LogP contribution in [0.1, 0.15) is 19.8 Å². The molecular weight excluding hydrogens is 300 g/mol. The fourth-order valence-electron chi connectivity index (χ4n) is 2.77. The van der Waals surface area contributed by atoms with Crippen LogP contribution in [0.2, 0.25) is 0 Å². The van der Waals surface area contributed by atoms with E-state index in [-0.39, 0.29) is 18.4 Å². The number of amides is 3. The number of carbonyl (C=O) groups is 4. The average Bonchev–Trinajstić information content (AvgIpc) is 2.81. The lowest BCUT2D eigenvalue weighted by Crippen LogP contribution is -2.45. The maximum absolute atomic E-state index is 12.3. The Kier molecular flexibility index (Phi) is 5.16. The van der Waals surface area contributed by atoms with Gasteiger partial charge in [0, 0.05) is 0 Å². The molecule has 0 aromatic heterocycles. The van der Waals surface area contributed by atoms with Gasteiger partial charge in [-0.15, -0.1) is 6.42 Å². The standard InChI is InChI=1S/C16H18N2O5/c1-3-8-17-13(19)9-23-16(22)10(2)18-14(20)11-6-4-5-7-12(11)15(18)21/h1,4-5,10-12H,6-9H2,2H3,(H,17,19)/t10-,11+,12+/m0/s1. The topological polar surface area (TPSA) is 92.8 Å². The first kappa shape index (κ1) is 16.7. The van der Waals surface area contributed by atoms with Gasteiger partial charge in [0.1, 0.15) is 6.04 Å². The Morgan fingerprint density at radius 1 is 1.35 bits per heavy atom. The maximum atomic E-state index is 12.3. The van der Waals surface area contributed by atoms with Crippen LogP contribution in [0.25, 0.3) is 0 Å². The van der Waals surface area contributed by atoms with Gasteiger partial charge in [-0.2, -0.15) is 0 Å². The van der Waals surface area contributed by atoms with Crippen molar-refractivity contribution >= 4 is 23.7 Å². The molecule has 3 atom stereocenters. The van der Waals surface area contributed by atoms with Crippen LogP contribution in [0.15, 0.2) is 12.2 Å². The number of carbonyl (C=O) groups excluding carboxylic acids is 4. The van der Waals surface area contributed by atoms with Crippen molar-refractivity contribution < 1.29 is 23.9 Å². The fourth-order valence-corrected chi connectivity index (χ4v) is 2.77. The second-order valence-electron chi connectivity index (χ2n) is 5.47. The van der Waals surface area contributed by atoms with E-state index in [1.54, 1.807) is 0 Å². The number of allylic oxidation sites excluding steroid dienone is 2. The van der Waals surface area contributed by atoms with Gasteiger partial charge in [0.15, 0.2) is 6.61 Å². The van der Waals surface area contributed by atoms with Crippen LogP contribution < -0.4 is 5.32 Å². The molecular formula is C16H18N2O5. The summed E-state index contributed by atoms with van der Waals surface area (Å²) in [6, 6.07) is -1.05. The van der Waals surface area contributed by atoms with E-state index in [1.165, 1.54) is 6.92 Å². The highest BCUT2D eigenvalue weighted by Gasteiger charge is 2.50. The monoisotopic (exact) mass is 318 g/mol. The van der Waals surface area contributed by atoms with Gasteiger partial charge in [0.05, 0.1) is 18.4 Å². The second kappa shape index (κ2) is 7.09. The first-order valence-electron chi connectivity index (χ1n) is 7.36. The smallest absolute Gasteiger partial charge is 0.329 e. The summed E-state index contributed by atoms with van der Waals surface area (Å²) in [5.41, 5.74) is 0. The highest BCUT2D eigenvalue weighted by Crippen LogP contribution is 2.36. The van der Waals surface area contributed by atoms with Crippen molar-refractivity contribution in [3.8, 4) is 12.3 Å². The van der Waals surface area contributed by atoms with Crippen molar-refractivity contribution in [2.24, 2.45) is 11.8 Å². The molecule has 7 heteroatoms. The largest absolute Gasteiger partial charge is 0.454 e. The molecule has 0 bridgehead atoms. The number of rotatable bonds is 5. The molecule has 0 saturated carbocycles. The third kappa shape index (κ3) is 3.42. The molecule has 3 amide bonds. The van der Waals surface area contributed by atoms with Gasteiger partial charge < -0.3 is 10.1 Å². The molecule has 2 rings (SSSR count). The van der Waals surface area contributed by atoms with Crippen LogP contribution in [0.5, 0.6) is 0 Å². The summed E-state index contributed by atoms with van der Waals surface area (Å²) in [5, 5.41) is 2.35. The van der Waals surface area contributed by atoms with Crippen LogP contribution >= 0.6 is 0 Å². The fraction of sp³-hybridized carbons (Fsp3) is 0.500. The predicted octanol–water partition coefficient (Wildman–Crippen LogP) is -0.381. The number of nitrogens with zero attached hydrogens (tertiary/aromatic N) is 1.